The van der Waals surface area contributed by atoms with Crippen LogP contribution in [0.15, 0.2) is 84.9 Å². The number of carbonyl (C=O) groups excluding carboxylic acids is 1. The largest absolute Gasteiger partial charge is 0.478 e. The van der Waals surface area contributed by atoms with Gasteiger partial charge in [-0.05, 0) is 63.6 Å². The summed E-state index contributed by atoms with van der Waals surface area (Å²) in [4.78, 5) is 24.7. The third-order valence-corrected chi connectivity index (χ3v) is 6.02. The molecule has 0 spiro atoms. The lowest BCUT2D eigenvalue weighted by Gasteiger charge is -2.10. The van der Waals surface area contributed by atoms with E-state index in [-0.39, 0.29) is 24.2 Å². The summed E-state index contributed by atoms with van der Waals surface area (Å²) in [6.07, 6.45) is 3.85. The second kappa shape index (κ2) is 10.3. The highest BCUT2D eigenvalue weighted by Gasteiger charge is 2.15. The Morgan fingerprint density at radius 1 is 0.727 bits per heavy atom. The summed E-state index contributed by atoms with van der Waals surface area (Å²) in [5, 5.41) is 11.4. The van der Waals surface area contributed by atoms with Gasteiger partial charge in [0.15, 0.2) is 0 Å². The van der Waals surface area contributed by atoms with E-state index in [1.807, 2.05) is 42.5 Å². The van der Waals surface area contributed by atoms with Crippen molar-refractivity contribution in [2.45, 2.75) is 39.0 Å². The predicted octanol–water partition coefficient (Wildman–Crippen LogP) is 6.90. The average Bonchev–Trinajstić information content (AvgIpc) is 2.82. The molecule has 0 aromatic heterocycles. The van der Waals surface area contributed by atoms with Gasteiger partial charge in [-0.1, -0.05) is 86.1 Å². The highest BCUT2D eigenvalue weighted by Crippen LogP contribution is 2.24. The van der Waals surface area contributed by atoms with E-state index in [0.717, 1.165) is 33.9 Å². The van der Waals surface area contributed by atoms with Crippen LogP contribution in [0.3, 0.4) is 0 Å². The first-order chi connectivity index (χ1) is 16.0. The van der Waals surface area contributed by atoms with Gasteiger partial charge in [0.05, 0.1) is 5.56 Å². The maximum Gasteiger partial charge on any atom is 0.335 e. The summed E-state index contributed by atoms with van der Waals surface area (Å²) in [5.41, 5.74) is 5.25. The molecule has 0 heterocycles. The lowest BCUT2D eigenvalue weighted by molar-refractivity contribution is -0.117. The molecule has 4 aromatic rings. The van der Waals surface area contributed by atoms with Crippen LogP contribution in [0.25, 0.3) is 21.9 Å². The van der Waals surface area contributed by atoms with Crippen molar-refractivity contribution in [2.75, 3.05) is 0 Å². The van der Waals surface area contributed by atoms with Gasteiger partial charge in [-0.25, -0.2) is 4.79 Å². The molecule has 3 nitrogen and oxygen atoms in total. The van der Waals surface area contributed by atoms with Crippen molar-refractivity contribution in [2.24, 2.45) is 0 Å². The summed E-state index contributed by atoms with van der Waals surface area (Å²) in [7, 11) is 0. The Labute approximate surface area is 194 Å². The van der Waals surface area contributed by atoms with Crippen molar-refractivity contribution >= 4 is 22.5 Å². The Hall–Kier alpha value is -3.72. The van der Waals surface area contributed by atoms with Crippen LogP contribution in [0.5, 0.6) is 0 Å². The highest BCUT2D eigenvalue weighted by molar-refractivity contribution is 5.98. The summed E-state index contributed by atoms with van der Waals surface area (Å²) in [5.74, 6) is -1.01. The SMILES string of the molecule is CCCCc1ccc(-c2cccc(CC(=O)Cc3cc4ccccc4cc3C(=O)O)c2)cc1. The predicted molar refractivity (Wildman–Crippen MR) is 134 cm³/mol. The van der Waals surface area contributed by atoms with Crippen LogP contribution in [-0.4, -0.2) is 16.9 Å². The molecular formula is C30H28O3. The van der Waals surface area contributed by atoms with Crippen LogP contribution in [0.4, 0.5) is 0 Å². The van der Waals surface area contributed by atoms with E-state index in [1.54, 1.807) is 6.07 Å². The fourth-order valence-corrected chi connectivity index (χ4v) is 4.24. The van der Waals surface area contributed by atoms with Gasteiger partial charge in [-0.2, -0.15) is 0 Å². The van der Waals surface area contributed by atoms with Crippen LogP contribution in [0, 0.1) is 0 Å². The maximum absolute atomic E-state index is 12.9. The van der Waals surface area contributed by atoms with Gasteiger partial charge < -0.3 is 5.11 Å². The zero-order chi connectivity index (χ0) is 23.2. The molecule has 0 aliphatic rings. The Morgan fingerprint density at radius 2 is 1.45 bits per heavy atom. The van der Waals surface area contributed by atoms with E-state index in [9.17, 15) is 14.7 Å². The third kappa shape index (κ3) is 5.56. The molecule has 4 aromatic carbocycles. The van der Waals surface area contributed by atoms with Crippen molar-refractivity contribution in [1.29, 1.82) is 0 Å². The second-order valence-corrected chi connectivity index (χ2v) is 8.55. The van der Waals surface area contributed by atoms with E-state index in [4.69, 9.17) is 0 Å². The number of Topliss-reactive ketones (excluding diaryl/α,β-unsaturated/α-hetero) is 1. The van der Waals surface area contributed by atoms with Crippen LogP contribution in [0.2, 0.25) is 0 Å². The maximum atomic E-state index is 12.9. The first kappa shape index (κ1) is 22.5. The molecule has 0 fully saturated rings. The van der Waals surface area contributed by atoms with Crippen molar-refractivity contribution in [3.63, 3.8) is 0 Å². The third-order valence-electron chi connectivity index (χ3n) is 6.02. The standard InChI is InChI=1S/C30H28O3/c1-2-3-7-21-12-14-23(15-13-21)24-11-6-8-22(16-24)17-28(31)19-27-18-25-9-4-5-10-26(25)20-29(27)30(32)33/h4-6,8-16,18,20H,2-3,7,17,19H2,1H3,(H,32,33). The molecule has 166 valence electrons. The van der Waals surface area contributed by atoms with Gasteiger partial charge in [-0.3, -0.25) is 4.79 Å². The molecule has 0 amide bonds. The molecule has 0 aliphatic heterocycles. The molecule has 0 bridgehead atoms. The van der Waals surface area contributed by atoms with E-state index < -0.39 is 5.97 Å². The number of carboxylic acids is 1. The molecule has 0 unspecified atom stereocenters. The van der Waals surface area contributed by atoms with E-state index in [0.29, 0.717) is 5.56 Å². The number of hydrogen-bond donors (Lipinski definition) is 1. The fraction of sp³-hybridized carbons (Fsp3) is 0.200. The average molecular weight is 437 g/mol. The van der Waals surface area contributed by atoms with Crippen LogP contribution < -0.4 is 0 Å². The molecule has 0 aliphatic carbocycles. The zero-order valence-corrected chi connectivity index (χ0v) is 18.9. The van der Waals surface area contributed by atoms with Crippen molar-refractivity contribution in [3.05, 3.63) is 107 Å². The fourth-order valence-electron chi connectivity index (χ4n) is 4.24. The Morgan fingerprint density at radius 3 is 2.15 bits per heavy atom. The van der Waals surface area contributed by atoms with Gasteiger partial charge in [0, 0.05) is 12.8 Å². The molecule has 3 heteroatoms. The minimum absolute atomic E-state index is 0.000144. The zero-order valence-electron chi connectivity index (χ0n) is 18.9. The number of carboxylic acid groups (broad SMARTS) is 1. The van der Waals surface area contributed by atoms with Crippen LogP contribution >= 0.6 is 0 Å². The van der Waals surface area contributed by atoms with Crippen molar-refractivity contribution < 1.29 is 14.7 Å². The smallest absolute Gasteiger partial charge is 0.335 e. The monoisotopic (exact) mass is 436 g/mol. The minimum Gasteiger partial charge on any atom is -0.478 e. The lowest BCUT2D eigenvalue weighted by atomic mass is 9.94. The van der Waals surface area contributed by atoms with Gasteiger partial charge >= 0.3 is 5.97 Å². The molecule has 0 radical (unpaired) electrons. The van der Waals surface area contributed by atoms with Gasteiger partial charge in [-0.15, -0.1) is 0 Å². The summed E-state index contributed by atoms with van der Waals surface area (Å²) < 4.78 is 0. The molecular weight excluding hydrogens is 408 g/mol. The number of unbranched alkanes of at least 4 members (excludes halogenated alkanes) is 1. The van der Waals surface area contributed by atoms with Crippen LogP contribution in [-0.2, 0) is 24.1 Å². The molecule has 0 saturated carbocycles. The molecule has 0 saturated heterocycles. The van der Waals surface area contributed by atoms with E-state index in [2.05, 4.69) is 43.3 Å². The minimum atomic E-state index is -1.01. The van der Waals surface area contributed by atoms with Gasteiger partial charge in [0.2, 0.25) is 0 Å². The Bertz CT molecular complexity index is 1290. The van der Waals surface area contributed by atoms with Crippen LogP contribution in [0.1, 0.15) is 46.8 Å². The summed E-state index contributed by atoms with van der Waals surface area (Å²) in [6, 6.07) is 27.8. The Kier molecular flexibility index (Phi) is 6.99. The normalized spacial score (nSPS) is 10.9. The van der Waals surface area contributed by atoms with Gasteiger partial charge in [0.1, 0.15) is 5.78 Å². The van der Waals surface area contributed by atoms with E-state index in [1.165, 1.54) is 18.4 Å². The van der Waals surface area contributed by atoms with Crippen molar-refractivity contribution in [3.8, 4) is 11.1 Å². The summed E-state index contributed by atoms with van der Waals surface area (Å²) >= 11 is 0. The van der Waals surface area contributed by atoms with Crippen molar-refractivity contribution in [1.82, 2.24) is 0 Å². The molecule has 4 rings (SSSR count). The quantitative estimate of drug-likeness (QED) is 0.310. The number of benzene rings is 4. The number of fused-ring (bicyclic) bond motifs is 1. The number of rotatable bonds is 9. The lowest BCUT2D eigenvalue weighted by Crippen LogP contribution is -2.11. The first-order valence-electron chi connectivity index (χ1n) is 11.5. The first-order valence-corrected chi connectivity index (χ1v) is 11.5. The number of carbonyl (C=O) groups is 2. The second-order valence-electron chi connectivity index (χ2n) is 8.55. The molecule has 0 atom stereocenters. The molecule has 33 heavy (non-hydrogen) atoms. The molecule has 1 N–H and O–H groups in total. The number of aromatic carboxylic acids is 1. The number of hydrogen-bond acceptors (Lipinski definition) is 2. The number of aryl methyl sites for hydroxylation is 1. The van der Waals surface area contributed by atoms with E-state index >= 15 is 0 Å². The highest BCUT2D eigenvalue weighted by atomic mass is 16.4. The van der Waals surface area contributed by atoms with Gasteiger partial charge in [0.25, 0.3) is 0 Å². The number of ketones is 1. The Balaban J connectivity index is 1.50. The summed E-state index contributed by atoms with van der Waals surface area (Å²) in [6.45, 7) is 2.20. The topological polar surface area (TPSA) is 54.4 Å².